The molecule has 3 aromatic carbocycles. The van der Waals surface area contributed by atoms with E-state index in [1.807, 2.05) is 43.3 Å². The second-order valence-electron chi connectivity index (χ2n) is 7.53. The third-order valence-electron chi connectivity index (χ3n) is 5.15. The van der Waals surface area contributed by atoms with Crippen LogP contribution in [0.3, 0.4) is 0 Å². The number of hydrazine groups is 1. The van der Waals surface area contributed by atoms with Crippen molar-refractivity contribution in [1.82, 2.24) is 10.9 Å². The Balaban J connectivity index is 1.47. The van der Waals surface area contributed by atoms with Crippen molar-refractivity contribution < 1.29 is 23.8 Å². The summed E-state index contributed by atoms with van der Waals surface area (Å²) in [5.74, 6) is 0.801. The van der Waals surface area contributed by atoms with Gasteiger partial charge in [-0.3, -0.25) is 15.0 Å². The van der Waals surface area contributed by atoms with Crippen LogP contribution in [0.5, 0.6) is 17.2 Å². The Kier molecular flexibility index (Phi) is 6.75. The van der Waals surface area contributed by atoms with Gasteiger partial charge in [0.25, 0.3) is 5.91 Å². The Morgan fingerprint density at radius 1 is 1.00 bits per heavy atom. The first-order chi connectivity index (χ1) is 16.0. The Bertz CT molecular complexity index is 1140. The molecule has 0 fully saturated rings. The van der Waals surface area contributed by atoms with Gasteiger partial charge in [0.05, 0.1) is 12.8 Å². The van der Waals surface area contributed by atoms with Gasteiger partial charge in [-0.1, -0.05) is 48.5 Å². The van der Waals surface area contributed by atoms with E-state index in [0.29, 0.717) is 28.5 Å². The lowest BCUT2D eigenvalue weighted by Gasteiger charge is -2.26. The van der Waals surface area contributed by atoms with Gasteiger partial charge in [-0.2, -0.15) is 0 Å². The molecule has 170 valence electrons. The number of para-hydroxylation sites is 2. The molecule has 8 heteroatoms. The highest BCUT2D eigenvalue weighted by Crippen LogP contribution is 2.31. The van der Waals surface area contributed by atoms with Crippen LogP contribution in [0.2, 0.25) is 0 Å². The molecule has 1 aliphatic heterocycles. The highest BCUT2D eigenvalue weighted by atomic mass is 16.6. The Labute approximate surface area is 191 Å². The monoisotopic (exact) mass is 447 g/mol. The molecule has 0 aromatic heterocycles. The van der Waals surface area contributed by atoms with E-state index in [1.165, 1.54) is 7.11 Å². The quantitative estimate of drug-likeness (QED) is 0.482. The van der Waals surface area contributed by atoms with Crippen LogP contribution >= 0.6 is 0 Å². The van der Waals surface area contributed by atoms with Crippen molar-refractivity contribution in [2.75, 3.05) is 19.0 Å². The lowest BCUT2D eigenvalue weighted by molar-refractivity contribution is -0.132. The number of nitrogens with one attached hydrogen (secondary N) is 3. The molecular weight excluding hydrogens is 422 g/mol. The summed E-state index contributed by atoms with van der Waals surface area (Å²) in [5.41, 5.74) is 7.63. The number of hydrogen-bond donors (Lipinski definition) is 3. The van der Waals surface area contributed by atoms with Crippen LogP contribution < -0.4 is 30.4 Å². The largest absolute Gasteiger partial charge is 0.495 e. The van der Waals surface area contributed by atoms with Crippen LogP contribution in [-0.4, -0.2) is 31.6 Å². The predicted molar refractivity (Wildman–Crippen MR) is 123 cm³/mol. The molecule has 3 N–H and O–H groups in total. The van der Waals surface area contributed by atoms with E-state index >= 15 is 0 Å². The maximum atomic E-state index is 13.2. The average molecular weight is 447 g/mol. The fourth-order valence-corrected chi connectivity index (χ4v) is 3.44. The van der Waals surface area contributed by atoms with Crippen LogP contribution in [0, 0.1) is 6.92 Å². The number of benzene rings is 3. The van der Waals surface area contributed by atoms with Crippen molar-refractivity contribution in [3.05, 3.63) is 83.9 Å². The Morgan fingerprint density at radius 3 is 2.48 bits per heavy atom. The van der Waals surface area contributed by atoms with Gasteiger partial charge >= 0.3 is 0 Å². The van der Waals surface area contributed by atoms with Crippen LogP contribution in [-0.2, 0) is 9.59 Å². The summed E-state index contributed by atoms with van der Waals surface area (Å²) in [6.45, 7) is 1.99. The topological polar surface area (TPSA) is 97.9 Å². The lowest BCUT2D eigenvalue weighted by Crippen LogP contribution is -2.51. The molecule has 2 amide bonds. The zero-order valence-electron chi connectivity index (χ0n) is 18.3. The number of amides is 2. The van der Waals surface area contributed by atoms with Crippen LogP contribution in [0.15, 0.2) is 72.8 Å². The van der Waals surface area contributed by atoms with Crippen molar-refractivity contribution >= 4 is 17.5 Å². The molecular formula is C25H25N3O5. The third kappa shape index (κ3) is 5.24. The number of aryl methyl sites for hydroxylation is 1. The number of methoxy groups -OCH3 is 1. The fourth-order valence-electron chi connectivity index (χ4n) is 3.44. The van der Waals surface area contributed by atoms with Gasteiger partial charge in [-0.25, -0.2) is 5.43 Å². The fraction of sp³-hybridized carbons (Fsp3) is 0.200. The molecule has 0 saturated heterocycles. The van der Waals surface area contributed by atoms with Gasteiger partial charge in [0.2, 0.25) is 12.0 Å². The molecule has 0 radical (unpaired) electrons. The third-order valence-corrected chi connectivity index (χ3v) is 5.15. The molecule has 33 heavy (non-hydrogen) atoms. The number of fused-ring (bicyclic) bond motifs is 1. The normalized spacial score (nSPS) is 15.3. The average Bonchev–Trinajstić information content (AvgIpc) is 2.84. The standard InChI is InChI=1S/C25H25N3O5/c1-16-12-13-19(31-2)18(14-16)26-25(30)23(17-8-4-3-5-9-17)27-28-24(29)22-15-32-20-10-6-7-11-21(20)33-22/h3-14,22-23,27H,15H2,1-2H3,(H,26,30)(H,28,29). The van der Waals surface area contributed by atoms with E-state index in [1.54, 1.807) is 36.4 Å². The Morgan fingerprint density at radius 2 is 1.73 bits per heavy atom. The molecule has 0 saturated carbocycles. The van der Waals surface area contributed by atoms with Gasteiger partial charge in [0, 0.05) is 0 Å². The van der Waals surface area contributed by atoms with Crippen molar-refractivity contribution in [1.29, 1.82) is 0 Å². The van der Waals surface area contributed by atoms with E-state index in [9.17, 15) is 9.59 Å². The molecule has 1 heterocycles. The molecule has 0 spiro atoms. The van der Waals surface area contributed by atoms with Gasteiger partial charge in [0.1, 0.15) is 18.4 Å². The summed E-state index contributed by atoms with van der Waals surface area (Å²) in [4.78, 5) is 25.9. The molecule has 0 bridgehead atoms. The zero-order valence-corrected chi connectivity index (χ0v) is 18.3. The van der Waals surface area contributed by atoms with E-state index < -0.39 is 18.1 Å². The lowest BCUT2D eigenvalue weighted by atomic mass is 10.1. The minimum absolute atomic E-state index is 0.0627. The van der Waals surface area contributed by atoms with Gasteiger partial charge in [-0.05, 0) is 42.3 Å². The Hall–Kier alpha value is -4.04. The second kappa shape index (κ2) is 10.1. The summed E-state index contributed by atoms with van der Waals surface area (Å²) >= 11 is 0. The summed E-state index contributed by atoms with van der Waals surface area (Å²) in [7, 11) is 1.54. The van der Waals surface area contributed by atoms with Crippen molar-refractivity contribution in [2.24, 2.45) is 0 Å². The second-order valence-corrected chi connectivity index (χ2v) is 7.53. The highest BCUT2D eigenvalue weighted by molar-refractivity contribution is 5.97. The zero-order chi connectivity index (χ0) is 23.2. The predicted octanol–water partition coefficient (Wildman–Crippen LogP) is 3.14. The molecule has 2 unspecified atom stereocenters. The summed E-state index contributed by atoms with van der Waals surface area (Å²) in [6.07, 6.45) is -0.858. The molecule has 1 aliphatic rings. The number of hydrogen-bond acceptors (Lipinski definition) is 6. The van der Waals surface area contributed by atoms with Gasteiger partial charge in [0.15, 0.2) is 11.5 Å². The highest BCUT2D eigenvalue weighted by Gasteiger charge is 2.29. The van der Waals surface area contributed by atoms with Crippen molar-refractivity contribution in [3.8, 4) is 17.2 Å². The first-order valence-electron chi connectivity index (χ1n) is 10.5. The number of ether oxygens (including phenoxy) is 3. The molecule has 8 nitrogen and oxygen atoms in total. The maximum Gasteiger partial charge on any atom is 0.278 e. The van der Waals surface area contributed by atoms with Crippen LogP contribution in [0.25, 0.3) is 0 Å². The maximum absolute atomic E-state index is 13.2. The molecule has 0 aliphatic carbocycles. The minimum Gasteiger partial charge on any atom is -0.495 e. The number of rotatable bonds is 7. The van der Waals surface area contributed by atoms with E-state index in [-0.39, 0.29) is 12.5 Å². The van der Waals surface area contributed by atoms with Crippen LogP contribution in [0.4, 0.5) is 5.69 Å². The molecule has 4 rings (SSSR count). The van der Waals surface area contributed by atoms with Gasteiger partial charge < -0.3 is 19.5 Å². The first kappa shape index (κ1) is 22.2. The minimum atomic E-state index is -0.864. The number of carbonyl (C=O) groups is 2. The molecule has 2 atom stereocenters. The summed E-state index contributed by atoms with van der Waals surface area (Å²) < 4.78 is 16.7. The molecule has 3 aromatic rings. The first-order valence-corrected chi connectivity index (χ1v) is 10.5. The van der Waals surface area contributed by atoms with Crippen molar-refractivity contribution in [3.63, 3.8) is 0 Å². The summed E-state index contributed by atoms with van der Waals surface area (Å²) in [5, 5.41) is 2.88. The van der Waals surface area contributed by atoms with E-state index in [4.69, 9.17) is 14.2 Å². The number of carbonyl (C=O) groups excluding carboxylic acids is 2. The van der Waals surface area contributed by atoms with Crippen LogP contribution in [0.1, 0.15) is 17.2 Å². The SMILES string of the molecule is COc1ccc(C)cc1NC(=O)C(NNC(=O)C1COc2ccccc2O1)c1ccccc1. The smallest absolute Gasteiger partial charge is 0.278 e. The van der Waals surface area contributed by atoms with Gasteiger partial charge in [-0.15, -0.1) is 0 Å². The van der Waals surface area contributed by atoms with Crippen molar-refractivity contribution in [2.45, 2.75) is 19.1 Å². The summed E-state index contributed by atoms with van der Waals surface area (Å²) in [6, 6.07) is 20.9. The number of anilines is 1. The van der Waals surface area contributed by atoms with E-state index in [0.717, 1.165) is 5.56 Å². The van der Waals surface area contributed by atoms with E-state index in [2.05, 4.69) is 16.2 Å².